The Morgan fingerprint density at radius 2 is 1.82 bits per heavy atom. The van der Waals surface area contributed by atoms with Crippen molar-refractivity contribution in [1.29, 1.82) is 5.26 Å². The van der Waals surface area contributed by atoms with Crippen LogP contribution in [0.1, 0.15) is 46.6 Å². The van der Waals surface area contributed by atoms with Crippen LogP contribution in [0.15, 0.2) is 60.7 Å². The van der Waals surface area contributed by atoms with Crippen LogP contribution in [0.5, 0.6) is 5.75 Å². The van der Waals surface area contributed by atoms with Gasteiger partial charge in [-0.25, -0.2) is 4.79 Å². The Morgan fingerprint density at radius 1 is 1.15 bits per heavy atom. The number of nitriles is 1. The first-order valence-corrected chi connectivity index (χ1v) is 12.1. The van der Waals surface area contributed by atoms with Crippen molar-refractivity contribution in [2.75, 3.05) is 11.9 Å². The zero-order valence-electron chi connectivity index (χ0n) is 19.2. The zero-order chi connectivity index (χ0) is 24.1. The van der Waals surface area contributed by atoms with Crippen LogP contribution in [-0.2, 0) is 27.8 Å². The second kappa shape index (κ2) is 10.1. The standard InChI is InChI=1S/C27H26N2O4S/c1-3-32-26(31)23-21-14-15-27(17-28,19-10-6-4-7-11-19)16-22(21)34-25(23)29-24(30)18(2)33-20-12-8-5-9-13-20/h4-13,18H,3,14-16H2,1-2H3,(H,29,30)/t18-,27-/m0/s1. The first kappa shape index (κ1) is 23.5. The van der Waals surface area contributed by atoms with Gasteiger partial charge in [-0.15, -0.1) is 11.3 Å². The minimum absolute atomic E-state index is 0.233. The van der Waals surface area contributed by atoms with E-state index in [9.17, 15) is 14.9 Å². The molecule has 0 saturated heterocycles. The summed E-state index contributed by atoms with van der Waals surface area (Å²) in [4.78, 5) is 26.7. The summed E-state index contributed by atoms with van der Waals surface area (Å²) in [7, 11) is 0. The minimum atomic E-state index is -0.765. The third kappa shape index (κ3) is 4.68. The lowest BCUT2D eigenvalue weighted by Crippen LogP contribution is -2.31. The maximum absolute atomic E-state index is 12.9. The Labute approximate surface area is 203 Å². The van der Waals surface area contributed by atoms with Gasteiger partial charge in [0.2, 0.25) is 0 Å². The molecular weight excluding hydrogens is 448 g/mol. The summed E-state index contributed by atoms with van der Waals surface area (Å²) < 4.78 is 11.1. The Hall–Kier alpha value is -3.63. The molecule has 1 aliphatic carbocycles. The van der Waals surface area contributed by atoms with Crippen LogP contribution in [-0.4, -0.2) is 24.6 Å². The fourth-order valence-electron chi connectivity index (χ4n) is 4.26. The number of benzene rings is 2. The highest BCUT2D eigenvalue weighted by atomic mass is 32.1. The van der Waals surface area contributed by atoms with Crippen LogP contribution in [0.25, 0.3) is 0 Å². The molecule has 0 bridgehead atoms. The third-order valence-electron chi connectivity index (χ3n) is 6.04. The molecule has 1 aromatic heterocycles. The van der Waals surface area contributed by atoms with Crippen molar-refractivity contribution in [3.05, 3.63) is 82.2 Å². The van der Waals surface area contributed by atoms with Gasteiger partial charge < -0.3 is 14.8 Å². The molecule has 0 aliphatic heterocycles. The van der Waals surface area contributed by atoms with E-state index in [1.54, 1.807) is 26.0 Å². The van der Waals surface area contributed by atoms with Crippen molar-refractivity contribution in [2.24, 2.45) is 0 Å². The molecule has 6 nitrogen and oxygen atoms in total. The average molecular weight is 475 g/mol. The number of anilines is 1. The van der Waals surface area contributed by atoms with Gasteiger partial charge in [0.25, 0.3) is 5.91 Å². The summed E-state index contributed by atoms with van der Waals surface area (Å²) in [6.45, 7) is 3.65. The van der Waals surface area contributed by atoms with E-state index in [0.717, 1.165) is 16.0 Å². The van der Waals surface area contributed by atoms with Crippen LogP contribution in [0.4, 0.5) is 5.00 Å². The lowest BCUT2D eigenvalue weighted by molar-refractivity contribution is -0.122. The molecule has 0 saturated carbocycles. The number of hydrogen-bond acceptors (Lipinski definition) is 6. The van der Waals surface area contributed by atoms with E-state index in [1.165, 1.54) is 11.3 Å². The molecule has 174 valence electrons. The van der Waals surface area contributed by atoms with Crippen molar-refractivity contribution in [1.82, 2.24) is 0 Å². The molecule has 2 aromatic carbocycles. The predicted molar refractivity (Wildman–Crippen MR) is 131 cm³/mol. The molecule has 2 atom stereocenters. The quantitative estimate of drug-likeness (QED) is 0.471. The number of carbonyl (C=O) groups is 2. The van der Waals surface area contributed by atoms with Gasteiger partial charge in [-0.2, -0.15) is 5.26 Å². The number of carbonyl (C=O) groups excluding carboxylic acids is 2. The predicted octanol–water partition coefficient (Wildman–Crippen LogP) is 5.28. The molecular formula is C27H26N2O4S. The number of nitrogens with zero attached hydrogens (tertiary/aromatic N) is 1. The molecule has 0 spiro atoms. The molecule has 4 rings (SSSR count). The van der Waals surface area contributed by atoms with Crippen LogP contribution >= 0.6 is 11.3 Å². The molecule has 7 heteroatoms. The largest absolute Gasteiger partial charge is 0.481 e. The number of esters is 1. The highest BCUT2D eigenvalue weighted by Gasteiger charge is 2.40. The van der Waals surface area contributed by atoms with Gasteiger partial charge in [-0.05, 0) is 49.9 Å². The zero-order valence-corrected chi connectivity index (χ0v) is 20.0. The van der Waals surface area contributed by atoms with Crippen LogP contribution in [0, 0.1) is 11.3 Å². The Bertz CT molecular complexity index is 1220. The number of ether oxygens (including phenoxy) is 2. The molecule has 0 unspecified atom stereocenters. The Balaban J connectivity index is 1.63. The van der Waals surface area contributed by atoms with Crippen LogP contribution in [0.2, 0.25) is 0 Å². The van der Waals surface area contributed by atoms with Crippen molar-refractivity contribution < 1.29 is 19.1 Å². The second-order valence-electron chi connectivity index (χ2n) is 8.23. The van der Waals surface area contributed by atoms with Gasteiger partial charge >= 0.3 is 5.97 Å². The maximum atomic E-state index is 12.9. The molecule has 0 fully saturated rings. The van der Waals surface area contributed by atoms with Crippen LogP contribution in [0.3, 0.4) is 0 Å². The number of para-hydroxylation sites is 1. The molecule has 1 heterocycles. The molecule has 34 heavy (non-hydrogen) atoms. The fraction of sp³-hybridized carbons (Fsp3) is 0.296. The molecule has 0 radical (unpaired) electrons. The van der Waals surface area contributed by atoms with Gasteiger partial charge in [0.05, 0.1) is 23.7 Å². The Morgan fingerprint density at radius 3 is 2.47 bits per heavy atom. The Kier molecular flexibility index (Phi) is 6.99. The number of fused-ring (bicyclic) bond motifs is 1. The summed E-state index contributed by atoms with van der Waals surface area (Å²) in [5.74, 6) is -0.235. The lowest BCUT2D eigenvalue weighted by atomic mass is 9.70. The minimum Gasteiger partial charge on any atom is -0.481 e. The monoisotopic (exact) mass is 474 g/mol. The number of thiophene rings is 1. The van der Waals surface area contributed by atoms with Gasteiger partial charge in [0.15, 0.2) is 6.10 Å². The SMILES string of the molecule is CCOC(=O)c1c(NC(=O)[C@H](C)Oc2ccccc2)sc2c1CC[C@](C#N)(c1ccccc1)C2. The third-order valence-corrected chi connectivity index (χ3v) is 7.18. The van der Waals surface area contributed by atoms with E-state index in [2.05, 4.69) is 11.4 Å². The van der Waals surface area contributed by atoms with Crippen molar-refractivity contribution in [2.45, 2.75) is 44.6 Å². The summed E-state index contributed by atoms with van der Waals surface area (Å²) >= 11 is 1.34. The highest BCUT2D eigenvalue weighted by Crippen LogP contribution is 2.45. The van der Waals surface area contributed by atoms with Gasteiger partial charge in [-0.3, -0.25) is 4.79 Å². The van der Waals surface area contributed by atoms with Crippen molar-refractivity contribution >= 4 is 28.2 Å². The number of amides is 1. The normalized spacial score (nSPS) is 17.7. The number of hydrogen-bond donors (Lipinski definition) is 1. The van der Waals surface area contributed by atoms with Gasteiger partial charge in [0.1, 0.15) is 10.8 Å². The number of nitrogens with one attached hydrogen (secondary N) is 1. The molecule has 1 N–H and O–H groups in total. The van der Waals surface area contributed by atoms with Gasteiger partial charge in [-0.1, -0.05) is 48.5 Å². The fourth-order valence-corrected chi connectivity index (χ4v) is 5.61. The summed E-state index contributed by atoms with van der Waals surface area (Å²) in [6.07, 6.45) is 0.851. The highest BCUT2D eigenvalue weighted by molar-refractivity contribution is 7.17. The average Bonchev–Trinajstić information content (AvgIpc) is 3.21. The summed E-state index contributed by atoms with van der Waals surface area (Å²) in [5.41, 5.74) is 1.54. The first-order chi connectivity index (χ1) is 16.5. The van der Waals surface area contributed by atoms with Crippen molar-refractivity contribution in [3.8, 4) is 11.8 Å². The summed E-state index contributed by atoms with van der Waals surface area (Å²) in [6, 6.07) is 21.4. The smallest absolute Gasteiger partial charge is 0.341 e. The van der Waals surface area contributed by atoms with Crippen LogP contribution < -0.4 is 10.1 Å². The van der Waals surface area contributed by atoms with Gasteiger partial charge in [0, 0.05) is 11.3 Å². The summed E-state index contributed by atoms with van der Waals surface area (Å²) in [5, 5.41) is 13.5. The number of rotatable bonds is 7. The van der Waals surface area contributed by atoms with E-state index in [4.69, 9.17) is 9.47 Å². The lowest BCUT2D eigenvalue weighted by Gasteiger charge is -2.31. The molecule has 1 aliphatic rings. The van der Waals surface area contributed by atoms with E-state index >= 15 is 0 Å². The van der Waals surface area contributed by atoms with E-state index in [0.29, 0.717) is 35.6 Å². The second-order valence-corrected chi connectivity index (χ2v) is 9.33. The molecule has 3 aromatic rings. The first-order valence-electron chi connectivity index (χ1n) is 11.3. The molecule has 1 amide bonds. The van der Waals surface area contributed by atoms with E-state index in [-0.39, 0.29) is 12.5 Å². The van der Waals surface area contributed by atoms with E-state index < -0.39 is 17.5 Å². The topological polar surface area (TPSA) is 88.4 Å². The van der Waals surface area contributed by atoms with E-state index in [1.807, 2.05) is 48.5 Å². The maximum Gasteiger partial charge on any atom is 0.341 e. The van der Waals surface area contributed by atoms with Crippen molar-refractivity contribution in [3.63, 3.8) is 0 Å².